The van der Waals surface area contributed by atoms with Gasteiger partial charge in [-0.15, -0.1) is 0 Å². The van der Waals surface area contributed by atoms with Crippen LogP contribution < -0.4 is 10.2 Å². The van der Waals surface area contributed by atoms with Gasteiger partial charge in [0, 0.05) is 19.0 Å². The van der Waals surface area contributed by atoms with Gasteiger partial charge in [-0.2, -0.15) is 5.10 Å². The van der Waals surface area contributed by atoms with E-state index in [-0.39, 0.29) is 22.1 Å². The minimum atomic E-state index is -3.47. The summed E-state index contributed by atoms with van der Waals surface area (Å²) in [6.45, 7) is 2.51. The third kappa shape index (κ3) is 4.92. The number of pyridine rings is 1. The summed E-state index contributed by atoms with van der Waals surface area (Å²) in [5.41, 5.74) is 2.80. The number of rotatable bonds is 6. The molecule has 0 bridgehead atoms. The molecule has 0 saturated carbocycles. The van der Waals surface area contributed by atoms with Crippen LogP contribution >= 0.6 is 11.6 Å². The molecule has 2 amide bonds. The van der Waals surface area contributed by atoms with Crippen molar-refractivity contribution in [2.45, 2.75) is 43.7 Å². The van der Waals surface area contributed by atoms with Crippen LogP contribution in [0.1, 0.15) is 43.5 Å². The molecular formula is C23H25ClFN5O3S. The number of nitrogens with one attached hydrogen (secondary N) is 1. The molecule has 0 aliphatic carbocycles. The van der Waals surface area contributed by atoms with Crippen molar-refractivity contribution >= 4 is 33.2 Å². The third-order valence-corrected chi connectivity index (χ3v) is 7.01. The Labute approximate surface area is 202 Å². The first-order valence-electron chi connectivity index (χ1n) is 11.0. The topological polar surface area (TPSA) is 97.2 Å². The highest BCUT2D eigenvalue weighted by Gasteiger charge is 2.28. The van der Waals surface area contributed by atoms with Crippen LogP contribution in [0.15, 0.2) is 47.8 Å². The van der Waals surface area contributed by atoms with E-state index in [9.17, 15) is 17.6 Å². The number of anilines is 1. The second kappa shape index (κ2) is 9.71. The minimum Gasteiger partial charge on any atom is -0.331 e. The fourth-order valence-corrected chi connectivity index (χ4v) is 4.86. The summed E-state index contributed by atoms with van der Waals surface area (Å²) < 4.78 is 39.1. The van der Waals surface area contributed by atoms with Crippen LogP contribution in [-0.4, -0.2) is 42.0 Å². The van der Waals surface area contributed by atoms with E-state index < -0.39 is 15.7 Å². The number of benzene rings is 1. The molecule has 0 saturated heterocycles. The van der Waals surface area contributed by atoms with Crippen molar-refractivity contribution in [3.05, 3.63) is 64.8 Å². The number of hydrogen-bond acceptors (Lipinski definition) is 5. The lowest BCUT2D eigenvalue weighted by Gasteiger charge is -2.30. The molecule has 1 aromatic carbocycles. The second-order valence-corrected chi connectivity index (χ2v) is 10.6. The summed E-state index contributed by atoms with van der Waals surface area (Å²) in [6, 6.07) is 6.93. The van der Waals surface area contributed by atoms with E-state index >= 15 is 0 Å². The molecule has 1 aliphatic rings. The molecule has 180 valence electrons. The number of carbonyl (C=O) groups excluding carboxylic acids is 1. The van der Waals surface area contributed by atoms with E-state index in [4.69, 9.17) is 11.6 Å². The average Bonchev–Trinajstić information content (AvgIpc) is 3.24. The highest BCUT2D eigenvalue weighted by atomic mass is 35.5. The van der Waals surface area contributed by atoms with Gasteiger partial charge in [-0.05, 0) is 55.2 Å². The van der Waals surface area contributed by atoms with Crippen LogP contribution in [-0.2, 0) is 16.3 Å². The first-order chi connectivity index (χ1) is 16.2. The molecule has 3 heterocycles. The lowest BCUT2D eigenvalue weighted by molar-refractivity contribution is 0.241. The molecule has 0 spiro atoms. The molecule has 0 fully saturated rings. The molecule has 4 rings (SSSR count). The molecule has 0 unspecified atom stereocenters. The van der Waals surface area contributed by atoms with E-state index in [1.54, 1.807) is 27.9 Å². The van der Waals surface area contributed by atoms with E-state index in [1.807, 2.05) is 6.92 Å². The van der Waals surface area contributed by atoms with Gasteiger partial charge in [0.2, 0.25) is 0 Å². The van der Waals surface area contributed by atoms with Gasteiger partial charge in [-0.25, -0.2) is 27.3 Å². The fraction of sp³-hybridized carbons (Fsp3) is 0.348. The largest absolute Gasteiger partial charge is 0.331 e. The van der Waals surface area contributed by atoms with Crippen LogP contribution in [0.3, 0.4) is 0 Å². The predicted molar refractivity (Wildman–Crippen MR) is 128 cm³/mol. The number of fused-ring (bicyclic) bond motifs is 1. The number of nitrogens with zero attached hydrogens (tertiary/aromatic N) is 4. The van der Waals surface area contributed by atoms with Gasteiger partial charge in [0.1, 0.15) is 5.82 Å². The smallest absolute Gasteiger partial charge is 0.322 e. The Balaban J connectivity index is 1.60. The predicted octanol–water partition coefficient (Wildman–Crippen LogP) is 4.47. The van der Waals surface area contributed by atoms with Crippen molar-refractivity contribution in [2.75, 3.05) is 17.7 Å². The summed E-state index contributed by atoms with van der Waals surface area (Å²) in [7, 11) is -3.47. The maximum atomic E-state index is 13.6. The highest BCUT2D eigenvalue weighted by molar-refractivity contribution is 7.90. The first kappa shape index (κ1) is 24.2. The number of aromatic nitrogens is 3. The van der Waals surface area contributed by atoms with Crippen molar-refractivity contribution in [1.82, 2.24) is 20.1 Å². The molecule has 34 heavy (non-hydrogen) atoms. The molecule has 2 aromatic heterocycles. The van der Waals surface area contributed by atoms with Gasteiger partial charge in [0.25, 0.3) is 0 Å². The monoisotopic (exact) mass is 505 g/mol. The molecule has 8 nitrogen and oxygen atoms in total. The molecule has 1 aliphatic heterocycles. The summed E-state index contributed by atoms with van der Waals surface area (Å²) in [6.07, 6.45) is 7.02. The van der Waals surface area contributed by atoms with Crippen molar-refractivity contribution in [1.29, 1.82) is 0 Å². The maximum absolute atomic E-state index is 13.6. The normalized spacial score (nSPS) is 14.5. The zero-order chi connectivity index (χ0) is 24.5. The third-order valence-electron chi connectivity index (χ3n) is 5.74. The second-order valence-electron chi connectivity index (χ2n) is 8.23. The quantitative estimate of drug-likeness (QED) is 0.533. The zero-order valence-corrected chi connectivity index (χ0v) is 20.4. The van der Waals surface area contributed by atoms with Gasteiger partial charge in [0.15, 0.2) is 14.9 Å². The number of carbonyl (C=O) groups is 1. The Morgan fingerprint density at radius 3 is 2.79 bits per heavy atom. The van der Waals surface area contributed by atoms with Crippen molar-refractivity contribution in [2.24, 2.45) is 0 Å². The van der Waals surface area contributed by atoms with E-state index in [2.05, 4.69) is 15.4 Å². The Kier molecular flexibility index (Phi) is 6.90. The summed E-state index contributed by atoms with van der Waals surface area (Å²) in [5, 5.41) is 7.44. The fourth-order valence-electron chi connectivity index (χ4n) is 4.08. The van der Waals surface area contributed by atoms with Crippen LogP contribution in [0.2, 0.25) is 5.02 Å². The Hall–Kier alpha value is -2.98. The molecule has 1 atom stereocenters. The van der Waals surface area contributed by atoms with Crippen LogP contribution in [0, 0.1) is 5.82 Å². The molecule has 1 N–H and O–H groups in total. The average molecular weight is 506 g/mol. The van der Waals surface area contributed by atoms with Gasteiger partial charge >= 0.3 is 6.03 Å². The summed E-state index contributed by atoms with van der Waals surface area (Å²) >= 11 is 5.94. The summed E-state index contributed by atoms with van der Waals surface area (Å²) in [4.78, 5) is 18.9. The van der Waals surface area contributed by atoms with Gasteiger partial charge in [0.05, 0.1) is 34.3 Å². The van der Waals surface area contributed by atoms with E-state index in [1.165, 1.54) is 24.4 Å². The van der Waals surface area contributed by atoms with Gasteiger partial charge in [-0.1, -0.05) is 24.9 Å². The lowest BCUT2D eigenvalue weighted by Crippen LogP contribution is -2.44. The number of sulfone groups is 1. The number of urea groups is 1. The number of hydrogen-bond donors (Lipinski definition) is 1. The first-order valence-corrected chi connectivity index (χ1v) is 13.2. The van der Waals surface area contributed by atoms with E-state index in [0.29, 0.717) is 36.3 Å². The van der Waals surface area contributed by atoms with Crippen molar-refractivity contribution < 1.29 is 17.6 Å². The van der Waals surface area contributed by atoms with Crippen LogP contribution in [0.4, 0.5) is 14.9 Å². The molecule has 3 aromatic rings. The lowest BCUT2D eigenvalue weighted by atomic mass is 10.0. The summed E-state index contributed by atoms with van der Waals surface area (Å²) in [5.74, 6) is -0.510. The standard InChI is InChI=1S/C23H25ClFN5O3S/c1-3-5-19(15-9-10-26-22(12-15)34(2,32)33)28-23(31)29-11-4-6-20-21(29)14-27-30(20)16-7-8-18(25)17(24)13-16/h7-10,12-14,19H,3-6,11H2,1-2H3,(H,28,31)/t19-/m0/s1. The maximum Gasteiger partial charge on any atom is 0.322 e. The van der Waals surface area contributed by atoms with Crippen LogP contribution in [0.5, 0.6) is 0 Å². The zero-order valence-electron chi connectivity index (χ0n) is 18.8. The minimum absolute atomic E-state index is 0.000352. The number of halogens is 2. The Bertz CT molecular complexity index is 1330. The number of amides is 2. The molecule has 11 heteroatoms. The Morgan fingerprint density at radius 1 is 1.29 bits per heavy atom. The molecular weight excluding hydrogens is 481 g/mol. The highest BCUT2D eigenvalue weighted by Crippen LogP contribution is 2.31. The van der Waals surface area contributed by atoms with Crippen LogP contribution in [0.25, 0.3) is 5.69 Å². The van der Waals surface area contributed by atoms with Gasteiger partial charge in [-0.3, -0.25) is 4.90 Å². The van der Waals surface area contributed by atoms with Gasteiger partial charge < -0.3 is 5.32 Å². The molecule has 0 radical (unpaired) electrons. The SMILES string of the molecule is CCC[C@H](NC(=O)N1CCCc2c1cnn2-c1ccc(F)c(Cl)c1)c1ccnc(S(C)(=O)=O)c1. The van der Waals surface area contributed by atoms with Crippen molar-refractivity contribution in [3.63, 3.8) is 0 Å². The van der Waals surface area contributed by atoms with Crippen molar-refractivity contribution in [3.8, 4) is 5.69 Å². The van der Waals surface area contributed by atoms with E-state index in [0.717, 1.165) is 24.8 Å². The Morgan fingerprint density at radius 2 is 2.09 bits per heavy atom.